The van der Waals surface area contributed by atoms with E-state index >= 15 is 0 Å². The van der Waals surface area contributed by atoms with E-state index in [0.29, 0.717) is 30.9 Å². The number of aromatic amines is 1. The van der Waals surface area contributed by atoms with Crippen LogP contribution in [0, 0.1) is 0 Å². The van der Waals surface area contributed by atoms with E-state index in [9.17, 15) is 13.2 Å². The molecule has 3 rings (SSSR count). The van der Waals surface area contributed by atoms with Crippen LogP contribution in [0.15, 0.2) is 65.6 Å². The minimum absolute atomic E-state index is 0.125. The summed E-state index contributed by atoms with van der Waals surface area (Å²) in [6.07, 6.45) is 0.635. The molecule has 0 saturated heterocycles. The third-order valence-corrected chi connectivity index (χ3v) is 7.43. The van der Waals surface area contributed by atoms with Crippen LogP contribution in [0.25, 0.3) is 11.3 Å². The first-order valence-electron chi connectivity index (χ1n) is 11.6. The van der Waals surface area contributed by atoms with Gasteiger partial charge in [0, 0.05) is 30.9 Å². The predicted octanol–water partition coefficient (Wildman–Crippen LogP) is 5.07. The number of carbonyl (C=O) groups excluding carboxylic acids is 1. The highest BCUT2D eigenvalue weighted by Crippen LogP contribution is 2.30. The molecule has 0 aliphatic rings. The molecule has 1 aromatic heterocycles. The third kappa shape index (κ3) is 6.27. The summed E-state index contributed by atoms with van der Waals surface area (Å²) in [6, 6.07) is 18.6. The van der Waals surface area contributed by atoms with Crippen molar-refractivity contribution in [1.82, 2.24) is 9.29 Å². The molecule has 0 atom stereocenters. The fraction of sp³-hybridized carbons (Fsp3) is 0.346. The Bertz CT molecular complexity index is 1200. The van der Waals surface area contributed by atoms with Gasteiger partial charge >= 0.3 is 0 Å². The Balaban J connectivity index is 1.75. The number of nitrogens with one attached hydrogen (secondary N) is 2. The number of hydrogen-bond acceptors (Lipinski definition) is 4. The van der Waals surface area contributed by atoms with Crippen molar-refractivity contribution in [2.45, 2.75) is 51.5 Å². The highest BCUT2D eigenvalue weighted by Gasteiger charge is 2.23. The molecule has 8 heteroatoms. The number of nitrogens with zero attached hydrogens (tertiary/aromatic N) is 1. The molecular weight excluding hydrogens is 450 g/mol. The van der Waals surface area contributed by atoms with Crippen molar-refractivity contribution in [3.8, 4) is 17.0 Å². The van der Waals surface area contributed by atoms with E-state index in [4.69, 9.17) is 4.74 Å². The van der Waals surface area contributed by atoms with Crippen molar-refractivity contribution >= 4 is 21.6 Å². The van der Waals surface area contributed by atoms with E-state index in [1.807, 2.05) is 56.3 Å². The van der Waals surface area contributed by atoms with E-state index in [2.05, 4.69) is 10.3 Å². The minimum Gasteiger partial charge on any atom is -0.489 e. The van der Waals surface area contributed by atoms with Crippen molar-refractivity contribution < 1.29 is 17.9 Å². The molecule has 0 spiro atoms. The van der Waals surface area contributed by atoms with Crippen LogP contribution in [-0.2, 0) is 21.2 Å². The van der Waals surface area contributed by atoms with Gasteiger partial charge in [0.15, 0.2) is 0 Å². The van der Waals surface area contributed by atoms with Crippen LogP contribution in [-0.4, -0.2) is 42.8 Å². The molecular formula is C26H33N3O4S. The zero-order valence-corrected chi connectivity index (χ0v) is 21.0. The molecule has 3 aromatic rings. The number of H-pyrrole nitrogens is 1. The van der Waals surface area contributed by atoms with Gasteiger partial charge in [-0.3, -0.25) is 4.79 Å². The fourth-order valence-corrected chi connectivity index (χ4v) is 5.15. The largest absolute Gasteiger partial charge is 0.489 e. The van der Waals surface area contributed by atoms with Crippen LogP contribution in [0.4, 0.5) is 5.69 Å². The number of hydrogen-bond donors (Lipinski definition) is 2. The Kier molecular flexibility index (Phi) is 8.52. The first-order valence-corrected chi connectivity index (χ1v) is 13.0. The molecule has 1 heterocycles. The summed E-state index contributed by atoms with van der Waals surface area (Å²) >= 11 is 0. The summed E-state index contributed by atoms with van der Waals surface area (Å²) in [7, 11) is -3.66. The number of benzene rings is 2. The Hall–Kier alpha value is -3.10. The second kappa shape index (κ2) is 11.4. The van der Waals surface area contributed by atoms with Crippen LogP contribution in [0.3, 0.4) is 0 Å². The molecule has 182 valence electrons. The topological polar surface area (TPSA) is 91.5 Å². The molecule has 0 unspecified atom stereocenters. The minimum atomic E-state index is -3.66. The molecule has 0 aliphatic carbocycles. The third-order valence-electron chi connectivity index (χ3n) is 5.38. The summed E-state index contributed by atoms with van der Waals surface area (Å²) in [4.78, 5) is 16.2. The van der Waals surface area contributed by atoms with Crippen LogP contribution in [0.2, 0.25) is 0 Å². The summed E-state index contributed by atoms with van der Waals surface area (Å²) in [5.41, 5.74) is 3.38. The fourth-order valence-electron chi connectivity index (χ4n) is 3.67. The molecule has 2 aromatic carbocycles. The Morgan fingerprint density at radius 3 is 2.38 bits per heavy atom. The smallest absolute Gasteiger partial charge is 0.243 e. The average Bonchev–Trinajstić information content (AvgIpc) is 3.29. The first kappa shape index (κ1) is 25.5. The van der Waals surface area contributed by atoms with Gasteiger partial charge in [-0.05, 0) is 56.2 Å². The number of rotatable bonds is 11. The molecule has 0 aliphatic heterocycles. The standard InChI is InChI=1S/C26H33N3O4S/c1-5-29(6-2)34(31,32)22-14-16-25(33-19(3)4)24(18-22)28-26(30)17-13-21-12-15-23(27-21)20-10-8-7-9-11-20/h7-12,14-16,18-19,27H,5-6,13,17H2,1-4H3,(H,28,30). The van der Waals surface area contributed by atoms with Crippen molar-refractivity contribution in [2.24, 2.45) is 0 Å². The highest BCUT2D eigenvalue weighted by atomic mass is 32.2. The van der Waals surface area contributed by atoms with Gasteiger partial charge in [0.25, 0.3) is 0 Å². The van der Waals surface area contributed by atoms with Gasteiger partial charge in [-0.15, -0.1) is 0 Å². The normalized spacial score (nSPS) is 11.7. The van der Waals surface area contributed by atoms with Crippen molar-refractivity contribution in [3.05, 3.63) is 66.4 Å². The number of amides is 1. The Morgan fingerprint density at radius 2 is 1.74 bits per heavy atom. The number of aryl methyl sites for hydroxylation is 1. The predicted molar refractivity (Wildman–Crippen MR) is 135 cm³/mol. The maximum atomic E-state index is 13.0. The highest BCUT2D eigenvalue weighted by molar-refractivity contribution is 7.89. The van der Waals surface area contributed by atoms with Gasteiger partial charge in [-0.1, -0.05) is 44.2 Å². The van der Waals surface area contributed by atoms with Crippen LogP contribution in [0.5, 0.6) is 5.75 Å². The van der Waals surface area contributed by atoms with Gasteiger partial charge in [-0.2, -0.15) is 4.31 Å². The summed E-state index contributed by atoms with van der Waals surface area (Å²) in [5.74, 6) is 0.218. The van der Waals surface area contributed by atoms with Gasteiger partial charge < -0.3 is 15.0 Å². The Morgan fingerprint density at radius 1 is 1.03 bits per heavy atom. The molecule has 7 nitrogen and oxygen atoms in total. The van der Waals surface area contributed by atoms with E-state index in [0.717, 1.165) is 17.0 Å². The number of sulfonamides is 1. The van der Waals surface area contributed by atoms with E-state index in [1.165, 1.54) is 16.4 Å². The number of carbonyl (C=O) groups is 1. The summed E-state index contributed by atoms with van der Waals surface area (Å²) < 4.78 is 33.1. The number of aromatic nitrogens is 1. The van der Waals surface area contributed by atoms with Crippen LogP contribution >= 0.6 is 0 Å². The van der Waals surface area contributed by atoms with E-state index in [-0.39, 0.29) is 23.3 Å². The van der Waals surface area contributed by atoms with Crippen LogP contribution in [0.1, 0.15) is 39.8 Å². The lowest BCUT2D eigenvalue weighted by Gasteiger charge is -2.20. The van der Waals surface area contributed by atoms with E-state index in [1.54, 1.807) is 19.9 Å². The number of anilines is 1. The van der Waals surface area contributed by atoms with Gasteiger partial charge in [0.2, 0.25) is 15.9 Å². The van der Waals surface area contributed by atoms with E-state index < -0.39 is 10.0 Å². The second-order valence-electron chi connectivity index (χ2n) is 8.23. The monoisotopic (exact) mass is 483 g/mol. The molecule has 1 amide bonds. The quantitative estimate of drug-likeness (QED) is 0.398. The second-order valence-corrected chi connectivity index (χ2v) is 10.2. The van der Waals surface area contributed by atoms with Crippen LogP contribution < -0.4 is 10.1 Å². The summed E-state index contributed by atoms with van der Waals surface area (Å²) in [5, 5.41) is 2.85. The lowest BCUT2D eigenvalue weighted by Crippen LogP contribution is -2.30. The van der Waals surface area contributed by atoms with Crippen molar-refractivity contribution in [1.29, 1.82) is 0 Å². The molecule has 0 bridgehead atoms. The molecule has 2 N–H and O–H groups in total. The number of ether oxygens (including phenoxy) is 1. The molecule has 0 fully saturated rings. The zero-order chi connectivity index (χ0) is 24.7. The SMILES string of the molecule is CCN(CC)S(=O)(=O)c1ccc(OC(C)C)c(NC(=O)CCc2ccc(-c3ccccc3)[nH]2)c1. The summed E-state index contributed by atoms with van der Waals surface area (Å²) in [6.45, 7) is 8.08. The maximum absolute atomic E-state index is 13.0. The van der Waals surface area contributed by atoms with Gasteiger partial charge in [0.1, 0.15) is 5.75 Å². The molecule has 0 radical (unpaired) electrons. The van der Waals surface area contributed by atoms with Crippen molar-refractivity contribution in [3.63, 3.8) is 0 Å². The first-order chi connectivity index (χ1) is 16.2. The molecule has 0 saturated carbocycles. The Labute approximate surface area is 202 Å². The lowest BCUT2D eigenvalue weighted by molar-refractivity contribution is -0.116. The zero-order valence-electron chi connectivity index (χ0n) is 20.2. The van der Waals surface area contributed by atoms with Gasteiger partial charge in [-0.25, -0.2) is 8.42 Å². The average molecular weight is 484 g/mol. The molecule has 34 heavy (non-hydrogen) atoms. The maximum Gasteiger partial charge on any atom is 0.243 e. The lowest BCUT2D eigenvalue weighted by atomic mass is 10.2. The van der Waals surface area contributed by atoms with Gasteiger partial charge in [0.05, 0.1) is 16.7 Å². The van der Waals surface area contributed by atoms with Crippen molar-refractivity contribution in [2.75, 3.05) is 18.4 Å².